The van der Waals surface area contributed by atoms with Crippen molar-refractivity contribution in [2.24, 2.45) is 5.41 Å². The average Bonchev–Trinajstić information content (AvgIpc) is 3.03. The molecule has 0 N–H and O–H groups in total. The number of rotatable bonds is 2. The number of carbonyl (C=O) groups excluding carboxylic acids is 1. The van der Waals surface area contributed by atoms with Crippen molar-refractivity contribution >= 4 is 23.3 Å². The number of piperidine rings is 1. The normalized spacial score (nSPS) is 26.8. The molecule has 2 aliphatic rings. The van der Waals surface area contributed by atoms with Gasteiger partial charge in [0.25, 0.3) is 0 Å². The minimum atomic E-state index is -0.854. The van der Waals surface area contributed by atoms with Gasteiger partial charge in [-0.2, -0.15) is 4.39 Å². The van der Waals surface area contributed by atoms with Crippen LogP contribution in [-0.2, 0) is 9.53 Å². The van der Waals surface area contributed by atoms with Gasteiger partial charge in [0.2, 0.25) is 5.95 Å². The molecule has 2 fully saturated rings. The largest absolute Gasteiger partial charge is 0.468 e. The van der Waals surface area contributed by atoms with Gasteiger partial charge in [0, 0.05) is 36.0 Å². The van der Waals surface area contributed by atoms with E-state index < -0.39 is 10.8 Å². The van der Waals surface area contributed by atoms with Crippen LogP contribution in [0.4, 0.5) is 10.1 Å². The third-order valence-corrected chi connectivity index (χ3v) is 5.49. The minimum absolute atomic E-state index is 0.154. The maximum atomic E-state index is 13.4. The lowest BCUT2D eigenvalue weighted by atomic mass is 9.90. The van der Waals surface area contributed by atoms with Gasteiger partial charge in [0.1, 0.15) is 4.87 Å². The van der Waals surface area contributed by atoms with Gasteiger partial charge < -0.3 is 9.64 Å². The molecule has 6 heteroatoms. The molecule has 0 radical (unpaired) electrons. The molecular weight excluding hydrogens is 295 g/mol. The zero-order valence-electron chi connectivity index (χ0n) is 12.2. The molecule has 1 unspecified atom stereocenters. The van der Waals surface area contributed by atoms with E-state index in [2.05, 4.69) is 9.88 Å². The molecule has 1 saturated heterocycles. The number of pyridine rings is 1. The fourth-order valence-corrected chi connectivity index (χ4v) is 3.95. The fourth-order valence-electron chi connectivity index (χ4n) is 3.43. The van der Waals surface area contributed by atoms with Crippen LogP contribution in [0.1, 0.15) is 25.0 Å². The van der Waals surface area contributed by atoms with E-state index in [0.717, 1.165) is 31.6 Å². The van der Waals surface area contributed by atoms with Crippen molar-refractivity contribution in [1.29, 1.82) is 0 Å². The molecule has 0 bridgehead atoms. The zero-order chi connectivity index (χ0) is 15.3. The van der Waals surface area contributed by atoms with Crippen LogP contribution in [0.25, 0.3) is 0 Å². The number of hydrogen-bond donors (Lipinski definition) is 0. The Kier molecular flexibility index (Phi) is 3.35. The predicted molar refractivity (Wildman–Crippen MR) is 78.0 cm³/mol. The van der Waals surface area contributed by atoms with E-state index in [9.17, 15) is 9.18 Å². The summed E-state index contributed by atoms with van der Waals surface area (Å²) in [6, 6.07) is 3.33. The molecule has 1 aromatic heterocycles. The fraction of sp³-hybridized carbons (Fsp3) is 0.600. The van der Waals surface area contributed by atoms with E-state index in [-0.39, 0.29) is 11.4 Å². The Hall–Kier alpha value is -1.36. The molecule has 0 aromatic carbocycles. The molecule has 21 heavy (non-hydrogen) atoms. The number of carbonyl (C=O) groups is 1. The van der Waals surface area contributed by atoms with Crippen LogP contribution in [0, 0.1) is 18.3 Å². The standard InChI is InChI=1S/C15H18ClFN2O2/c1-10-7-11(8-12(17)18-10)19-5-3-14(4-6-19)9-15(14,16)13(20)21-2/h7-8H,3-6,9H2,1-2H3. The lowest BCUT2D eigenvalue weighted by Gasteiger charge is -2.35. The third-order valence-electron chi connectivity index (χ3n) is 4.80. The van der Waals surface area contributed by atoms with Gasteiger partial charge in [-0.25, -0.2) is 4.98 Å². The van der Waals surface area contributed by atoms with E-state index in [0.29, 0.717) is 12.1 Å². The van der Waals surface area contributed by atoms with Crippen molar-refractivity contribution in [3.05, 3.63) is 23.8 Å². The monoisotopic (exact) mass is 312 g/mol. The molecule has 0 amide bonds. The quantitative estimate of drug-likeness (QED) is 0.478. The van der Waals surface area contributed by atoms with Crippen LogP contribution in [0.2, 0.25) is 0 Å². The minimum Gasteiger partial charge on any atom is -0.468 e. The van der Waals surface area contributed by atoms with Crippen LogP contribution < -0.4 is 4.90 Å². The van der Waals surface area contributed by atoms with E-state index >= 15 is 0 Å². The summed E-state index contributed by atoms with van der Waals surface area (Å²) < 4.78 is 18.2. The summed E-state index contributed by atoms with van der Waals surface area (Å²) in [5, 5.41) is 0. The Morgan fingerprint density at radius 2 is 2.10 bits per heavy atom. The highest BCUT2D eigenvalue weighted by molar-refractivity contribution is 6.37. The number of ether oxygens (including phenoxy) is 1. The average molecular weight is 313 g/mol. The Bertz CT molecular complexity index is 567. The first-order chi connectivity index (χ1) is 9.90. The Balaban J connectivity index is 1.70. The predicted octanol–water partition coefficient (Wildman–Crippen LogP) is 2.67. The smallest absolute Gasteiger partial charge is 0.327 e. The second-order valence-electron chi connectivity index (χ2n) is 6.03. The molecule has 114 valence electrons. The van der Waals surface area contributed by atoms with Crippen LogP contribution in [0.5, 0.6) is 0 Å². The van der Waals surface area contributed by atoms with Crippen LogP contribution in [0.3, 0.4) is 0 Å². The molecule has 3 rings (SSSR count). The highest BCUT2D eigenvalue weighted by Crippen LogP contribution is 2.67. The second-order valence-corrected chi connectivity index (χ2v) is 6.67. The molecule has 2 heterocycles. The molecule has 1 aromatic rings. The van der Waals surface area contributed by atoms with Crippen LogP contribution >= 0.6 is 11.6 Å². The Morgan fingerprint density at radius 3 is 2.67 bits per heavy atom. The highest BCUT2D eigenvalue weighted by atomic mass is 35.5. The van der Waals surface area contributed by atoms with Gasteiger partial charge in [-0.1, -0.05) is 0 Å². The lowest BCUT2D eigenvalue weighted by Crippen LogP contribution is -2.39. The summed E-state index contributed by atoms with van der Waals surface area (Å²) in [5.41, 5.74) is 1.35. The van der Waals surface area contributed by atoms with Crippen LogP contribution in [-0.4, -0.2) is 36.0 Å². The van der Waals surface area contributed by atoms with Gasteiger partial charge in [0.05, 0.1) is 7.11 Å². The highest BCUT2D eigenvalue weighted by Gasteiger charge is 2.72. The molecule has 4 nitrogen and oxygen atoms in total. The van der Waals surface area contributed by atoms with E-state index in [1.54, 1.807) is 6.92 Å². The van der Waals surface area contributed by atoms with E-state index in [1.165, 1.54) is 13.2 Å². The summed E-state index contributed by atoms with van der Waals surface area (Å²) in [6.45, 7) is 3.29. The number of aryl methyl sites for hydroxylation is 1. The van der Waals surface area contributed by atoms with Gasteiger partial charge in [-0.05, 0) is 32.3 Å². The Morgan fingerprint density at radius 1 is 1.43 bits per heavy atom. The van der Waals surface area contributed by atoms with Crippen molar-refractivity contribution in [1.82, 2.24) is 4.98 Å². The summed E-state index contributed by atoms with van der Waals surface area (Å²) in [4.78, 5) is 16.8. The van der Waals surface area contributed by atoms with Gasteiger partial charge in [-0.15, -0.1) is 11.6 Å². The number of anilines is 1. The second kappa shape index (κ2) is 4.83. The molecule has 1 aliphatic heterocycles. The number of halogens is 2. The lowest BCUT2D eigenvalue weighted by molar-refractivity contribution is -0.142. The number of alkyl halides is 1. The molecule has 1 aliphatic carbocycles. The Labute approximate surface area is 128 Å². The first-order valence-electron chi connectivity index (χ1n) is 7.07. The molecular formula is C15H18ClFN2O2. The molecule has 1 spiro atoms. The summed E-state index contributed by atoms with van der Waals surface area (Å²) in [5.74, 6) is -0.790. The number of esters is 1. The van der Waals surface area contributed by atoms with Crippen molar-refractivity contribution in [2.75, 3.05) is 25.1 Å². The van der Waals surface area contributed by atoms with E-state index in [4.69, 9.17) is 16.3 Å². The zero-order valence-corrected chi connectivity index (χ0v) is 12.9. The van der Waals surface area contributed by atoms with Gasteiger partial charge >= 0.3 is 5.97 Å². The first-order valence-corrected chi connectivity index (χ1v) is 7.44. The first kappa shape index (κ1) is 14.6. The maximum absolute atomic E-state index is 13.4. The number of hydrogen-bond acceptors (Lipinski definition) is 4. The molecule has 1 saturated carbocycles. The number of nitrogens with zero attached hydrogens (tertiary/aromatic N) is 2. The van der Waals surface area contributed by atoms with Crippen molar-refractivity contribution in [3.8, 4) is 0 Å². The SMILES string of the molecule is COC(=O)C1(Cl)CC12CCN(c1cc(C)nc(F)c1)CC2. The van der Waals surface area contributed by atoms with Crippen LogP contribution in [0.15, 0.2) is 12.1 Å². The maximum Gasteiger partial charge on any atom is 0.327 e. The third kappa shape index (κ3) is 2.27. The number of aromatic nitrogens is 1. The summed E-state index contributed by atoms with van der Waals surface area (Å²) in [7, 11) is 1.37. The summed E-state index contributed by atoms with van der Waals surface area (Å²) >= 11 is 6.41. The van der Waals surface area contributed by atoms with Gasteiger partial charge in [0.15, 0.2) is 0 Å². The molecule has 1 atom stereocenters. The van der Waals surface area contributed by atoms with Gasteiger partial charge in [-0.3, -0.25) is 4.79 Å². The van der Waals surface area contributed by atoms with Crippen molar-refractivity contribution < 1.29 is 13.9 Å². The summed E-state index contributed by atoms with van der Waals surface area (Å²) in [6.07, 6.45) is 2.30. The topological polar surface area (TPSA) is 42.4 Å². The van der Waals surface area contributed by atoms with Crippen molar-refractivity contribution in [2.45, 2.75) is 31.1 Å². The van der Waals surface area contributed by atoms with Crippen molar-refractivity contribution in [3.63, 3.8) is 0 Å². The van der Waals surface area contributed by atoms with E-state index in [1.807, 2.05) is 6.07 Å². The number of methoxy groups -OCH3 is 1.